The van der Waals surface area contributed by atoms with Crippen molar-refractivity contribution < 1.29 is 22.8 Å². The number of sulfonamides is 1. The highest BCUT2D eigenvalue weighted by Crippen LogP contribution is 1.98. The molecule has 0 bridgehead atoms. The summed E-state index contributed by atoms with van der Waals surface area (Å²) in [5.74, 6) is -0.667. The summed E-state index contributed by atoms with van der Waals surface area (Å²) in [6.45, 7) is 1.53. The third kappa shape index (κ3) is 5.41. The van der Waals surface area contributed by atoms with Crippen LogP contribution >= 0.6 is 0 Å². The average molecular weight is 263 g/mol. The molecule has 1 rings (SSSR count). The summed E-state index contributed by atoms with van der Waals surface area (Å²) < 4.78 is 29.7. The molecule has 1 heterocycles. The third-order valence-corrected chi connectivity index (χ3v) is 3.23. The van der Waals surface area contributed by atoms with E-state index >= 15 is 0 Å². The Bertz CT molecular complexity index is 481. The quantitative estimate of drug-likeness (QED) is 0.690. The van der Waals surface area contributed by atoms with Gasteiger partial charge in [0.15, 0.2) is 5.82 Å². The van der Waals surface area contributed by atoms with Crippen LogP contribution in [-0.4, -0.2) is 35.4 Å². The summed E-state index contributed by atoms with van der Waals surface area (Å²) in [6.07, 6.45) is -0.113. The minimum absolute atomic E-state index is 0.0628. The molecule has 0 aliphatic heterocycles. The van der Waals surface area contributed by atoms with Gasteiger partial charge in [0.2, 0.25) is 15.9 Å². The molecule has 0 aliphatic carbocycles. The molecule has 0 aliphatic rings. The lowest BCUT2D eigenvalue weighted by Crippen LogP contribution is -2.26. The fourth-order valence-electron chi connectivity index (χ4n) is 1.07. The topological polar surface area (TPSA) is 122 Å². The van der Waals surface area contributed by atoms with Crippen molar-refractivity contribution in [1.82, 2.24) is 14.9 Å². The molecule has 96 valence electrons. The van der Waals surface area contributed by atoms with Crippen LogP contribution in [0.15, 0.2) is 4.52 Å². The number of hydrogen-bond acceptors (Lipinski definition) is 6. The van der Waals surface area contributed by atoms with E-state index in [-0.39, 0.29) is 31.0 Å². The Morgan fingerprint density at radius 1 is 1.53 bits per heavy atom. The molecule has 17 heavy (non-hydrogen) atoms. The lowest BCUT2D eigenvalue weighted by molar-refractivity contribution is -0.137. The summed E-state index contributed by atoms with van der Waals surface area (Å²) in [7, 11) is -3.50. The van der Waals surface area contributed by atoms with Gasteiger partial charge in [0.05, 0.1) is 12.3 Å². The number of rotatable bonds is 7. The van der Waals surface area contributed by atoms with Crippen LogP contribution < -0.4 is 4.72 Å². The lowest BCUT2D eigenvalue weighted by atomic mass is 10.3. The number of carbonyl (C=O) groups is 1. The number of carboxylic acids is 1. The van der Waals surface area contributed by atoms with Gasteiger partial charge in [0, 0.05) is 13.3 Å². The summed E-state index contributed by atoms with van der Waals surface area (Å²) >= 11 is 0. The second-order valence-electron chi connectivity index (χ2n) is 3.37. The van der Waals surface area contributed by atoms with Crippen LogP contribution in [0.1, 0.15) is 24.6 Å². The predicted molar refractivity (Wildman–Crippen MR) is 56.5 cm³/mol. The monoisotopic (exact) mass is 263 g/mol. The minimum Gasteiger partial charge on any atom is -0.481 e. The average Bonchev–Trinajstić information content (AvgIpc) is 2.61. The van der Waals surface area contributed by atoms with Gasteiger partial charge in [-0.05, 0) is 6.42 Å². The van der Waals surface area contributed by atoms with E-state index in [1.807, 2.05) is 0 Å². The van der Waals surface area contributed by atoms with Gasteiger partial charge in [-0.2, -0.15) is 4.98 Å². The van der Waals surface area contributed by atoms with E-state index in [1.54, 1.807) is 6.92 Å². The molecule has 0 saturated carbocycles. The fraction of sp³-hybridized carbons (Fsp3) is 0.625. The number of aliphatic carboxylic acids is 1. The Balaban J connectivity index is 2.36. The van der Waals surface area contributed by atoms with Crippen molar-refractivity contribution in [2.75, 3.05) is 5.75 Å². The molecule has 1 aromatic heterocycles. The van der Waals surface area contributed by atoms with Crippen LogP contribution in [0.2, 0.25) is 0 Å². The number of aromatic nitrogens is 2. The Kier molecular flexibility index (Phi) is 4.58. The van der Waals surface area contributed by atoms with Gasteiger partial charge >= 0.3 is 5.97 Å². The second kappa shape index (κ2) is 5.73. The number of nitrogens with one attached hydrogen (secondary N) is 1. The highest BCUT2D eigenvalue weighted by molar-refractivity contribution is 7.89. The first kappa shape index (κ1) is 13.6. The normalized spacial score (nSPS) is 11.6. The minimum atomic E-state index is -3.50. The van der Waals surface area contributed by atoms with Crippen LogP contribution in [0.5, 0.6) is 0 Å². The molecule has 0 aromatic carbocycles. The van der Waals surface area contributed by atoms with Crippen LogP contribution in [0.3, 0.4) is 0 Å². The lowest BCUT2D eigenvalue weighted by Gasteiger charge is -2.02. The van der Waals surface area contributed by atoms with Gasteiger partial charge in [-0.1, -0.05) is 5.16 Å². The highest BCUT2D eigenvalue weighted by atomic mass is 32.2. The van der Waals surface area contributed by atoms with Gasteiger partial charge in [-0.3, -0.25) is 4.79 Å². The molecule has 9 heteroatoms. The zero-order valence-electron chi connectivity index (χ0n) is 9.21. The Morgan fingerprint density at radius 2 is 2.24 bits per heavy atom. The van der Waals surface area contributed by atoms with Crippen LogP contribution in [0.4, 0.5) is 0 Å². The molecule has 0 spiro atoms. The van der Waals surface area contributed by atoms with Crippen LogP contribution in [0.25, 0.3) is 0 Å². The number of carboxylic acid groups (broad SMARTS) is 1. The van der Waals surface area contributed by atoms with E-state index in [0.29, 0.717) is 5.89 Å². The Morgan fingerprint density at radius 3 is 2.76 bits per heavy atom. The van der Waals surface area contributed by atoms with E-state index in [4.69, 9.17) is 5.11 Å². The van der Waals surface area contributed by atoms with Gasteiger partial charge in [0.25, 0.3) is 0 Å². The molecule has 1 aromatic rings. The van der Waals surface area contributed by atoms with Crippen LogP contribution in [-0.2, 0) is 21.4 Å². The summed E-state index contributed by atoms with van der Waals surface area (Å²) in [4.78, 5) is 14.0. The molecular weight excluding hydrogens is 250 g/mol. The van der Waals surface area contributed by atoms with E-state index in [9.17, 15) is 13.2 Å². The van der Waals surface area contributed by atoms with E-state index < -0.39 is 16.0 Å². The first-order valence-corrected chi connectivity index (χ1v) is 6.52. The zero-order chi connectivity index (χ0) is 12.9. The Hall–Kier alpha value is -1.48. The first-order chi connectivity index (χ1) is 7.89. The van der Waals surface area contributed by atoms with E-state index in [2.05, 4.69) is 19.4 Å². The van der Waals surface area contributed by atoms with E-state index in [1.165, 1.54) is 0 Å². The summed E-state index contributed by atoms with van der Waals surface area (Å²) in [6, 6.07) is 0. The Labute approximate surface area is 98.1 Å². The van der Waals surface area contributed by atoms with Crippen molar-refractivity contribution in [2.24, 2.45) is 0 Å². The maximum atomic E-state index is 11.4. The molecular formula is C8H13N3O5S. The molecule has 0 atom stereocenters. The summed E-state index contributed by atoms with van der Waals surface area (Å²) in [5, 5.41) is 11.9. The van der Waals surface area contributed by atoms with Crippen LogP contribution in [0, 0.1) is 6.92 Å². The molecule has 0 amide bonds. The molecule has 0 unspecified atom stereocenters. The predicted octanol–water partition coefficient (Wildman–Crippen LogP) is -0.338. The van der Waals surface area contributed by atoms with Crippen molar-refractivity contribution >= 4 is 16.0 Å². The van der Waals surface area contributed by atoms with Crippen molar-refractivity contribution in [2.45, 2.75) is 26.3 Å². The van der Waals surface area contributed by atoms with Gasteiger partial charge < -0.3 is 9.63 Å². The number of nitrogens with zero attached hydrogens (tertiary/aromatic N) is 2. The fourth-order valence-corrected chi connectivity index (χ4v) is 2.09. The second-order valence-corrected chi connectivity index (χ2v) is 5.29. The van der Waals surface area contributed by atoms with Crippen molar-refractivity contribution in [3.05, 3.63) is 11.7 Å². The van der Waals surface area contributed by atoms with Gasteiger partial charge in [-0.15, -0.1) is 0 Å². The molecule has 8 nitrogen and oxygen atoms in total. The van der Waals surface area contributed by atoms with Gasteiger partial charge in [-0.25, -0.2) is 13.1 Å². The maximum absolute atomic E-state index is 11.4. The largest absolute Gasteiger partial charge is 0.481 e. The SMILES string of the molecule is Cc1nc(CNS(=O)(=O)CCCC(=O)O)no1. The molecule has 0 saturated heterocycles. The molecule has 0 fully saturated rings. The maximum Gasteiger partial charge on any atom is 0.303 e. The van der Waals surface area contributed by atoms with Gasteiger partial charge in [0.1, 0.15) is 0 Å². The summed E-state index contributed by atoms with van der Waals surface area (Å²) in [5.41, 5.74) is 0. The number of aryl methyl sites for hydroxylation is 1. The standard InChI is InChI=1S/C8H13N3O5S/c1-6-10-7(11-16-6)5-9-17(14,15)4-2-3-8(12)13/h9H,2-5H2,1H3,(H,12,13). The molecule has 2 N–H and O–H groups in total. The third-order valence-electron chi connectivity index (χ3n) is 1.82. The highest BCUT2D eigenvalue weighted by Gasteiger charge is 2.12. The van der Waals surface area contributed by atoms with Crippen molar-refractivity contribution in [3.8, 4) is 0 Å². The first-order valence-electron chi connectivity index (χ1n) is 4.87. The number of hydrogen-bond donors (Lipinski definition) is 2. The van der Waals surface area contributed by atoms with Crippen molar-refractivity contribution in [3.63, 3.8) is 0 Å². The van der Waals surface area contributed by atoms with Crippen molar-refractivity contribution in [1.29, 1.82) is 0 Å². The molecule has 0 radical (unpaired) electrons. The van der Waals surface area contributed by atoms with E-state index in [0.717, 1.165) is 0 Å². The smallest absolute Gasteiger partial charge is 0.303 e. The zero-order valence-corrected chi connectivity index (χ0v) is 10.0.